The number of aromatic nitrogens is 2. The fourth-order valence-corrected chi connectivity index (χ4v) is 3.26. The standard InChI is InChI=1S/C21H16N4O/c26-21-17(13-15-5-4-8-18-20(15)23-12-11-22-18)19(14-9-10-14)24-25(21)16-6-2-1-3-7-16/h1-8,11-14H,9-10H2/b17-13-. The van der Waals surface area contributed by atoms with Gasteiger partial charge in [-0.1, -0.05) is 30.3 Å². The van der Waals surface area contributed by atoms with Crippen molar-refractivity contribution >= 4 is 34.4 Å². The Hall–Kier alpha value is -3.34. The first kappa shape index (κ1) is 15.0. The molecule has 2 aromatic carbocycles. The first-order chi connectivity index (χ1) is 12.8. The Bertz CT molecular complexity index is 1060. The molecule has 5 rings (SSSR count). The van der Waals surface area contributed by atoms with E-state index in [9.17, 15) is 4.79 Å². The summed E-state index contributed by atoms with van der Waals surface area (Å²) < 4.78 is 0. The summed E-state index contributed by atoms with van der Waals surface area (Å²) in [6, 6.07) is 15.4. The van der Waals surface area contributed by atoms with E-state index in [1.807, 2.05) is 54.6 Å². The van der Waals surface area contributed by atoms with Crippen LogP contribution in [0.4, 0.5) is 5.69 Å². The smallest absolute Gasteiger partial charge is 0.267 e. The highest BCUT2D eigenvalue weighted by Gasteiger charge is 2.39. The molecular formula is C21H16N4O. The van der Waals surface area contributed by atoms with Crippen molar-refractivity contribution in [2.45, 2.75) is 12.8 Å². The molecule has 1 saturated carbocycles. The van der Waals surface area contributed by atoms with E-state index in [1.165, 1.54) is 5.01 Å². The second-order valence-corrected chi connectivity index (χ2v) is 6.54. The van der Waals surface area contributed by atoms with Crippen molar-refractivity contribution in [3.05, 3.63) is 72.1 Å². The van der Waals surface area contributed by atoms with E-state index in [0.29, 0.717) is 11.5 Å². The van der Waals surface area contributed by atoms with Gasteiger partial charge in [0.15, 0.2) is 0 Å². The van der Waals surface area contributed by atoms with Gasteiger partial charge < -0.3 is 0 Å². The predicted octanol–water partition coefficient (Wildman–Crippen LogP) is 3.83. The number of anilines is 1. The SMILES string of the molecule is O=C1/C(=C\c2cccc3nccnc23)C(C2CC2)=NN1c1ccccc1. The molecule has 5 nitrogen and oxygen atoms in total. The molecule has 2 heterocycles. The van der Waals surface area contributed by atoms with Gasteiger partial charge >= 0.3 is 0 Å². The summed E-state index contributed by atoms with van der Waals surface area (Å²) in [6.45, 7) is 0. The minimum atomic E-state index is -0.0843. The third kappa shape index (κ3) is 2.49. The number of hydrazone groups is 1. The van der Waals surface area contributed by atoms with Gasteiger partial charge in [-0.25, -0.2) is 0 Å². The number of amides is 1. The fraction of sp³-hybridized carbons (Fsp3) is 0.143. The Morgan fingerprint density at radius 2 is 1.77 bits per heavy atom. The average molecular weight is 340 g/mol. The van der Waals surface area contributed by atoms with Gasteiger partial charge in [-0.15, -0.1) is 0 Å². The van der Waals surface area contributed by atoms with Crippen LogP contribution < -0.4 is 5.01 Å². The van der Waals surface area contributed by atoms with E-state index in [0.717, 1.165) is 40.8 Å². The summed E-state index contributed by atoms with van der Waals surface area (Å²) in [5, 5.41) is 6.17. The Labute approximate surface area is 150 Å². The lowest BCUT2D eigenvalue weighted by Gasteiger charge is -2.11. The molecule has 0 atom stereocenters. The first-order valence-corrected chi connectivity index (χ1v) is 8.71. The first-order valence-electron chi connectivity index (χ1n) is 8.71. The Morgan fingerprint density at radius 3 is 2.58 bits per heavy atom. The molecule has 3 aromatic rings. The number of carbonyl (C=O) groups excluding carboxylic acids is 1. The summed E-state index contributed by atoms with van der Waals surface area (Å²) >= 11 is 0. The molecule has 2 aliphatic rings. The summed E-state index contributed by atoms with van der Waals surface area (Å²) in [5.41, 5.74) is 4.84. The van der Waals surface area contributed by atoms with Crippen LogP contribution in [0.2, 0.25) is 0 Å². The van der Waals surface area contributed by atoms with E-state index >= 15 is 0 Å². The maximum Gasteiger partial charge on any atom is 0.280 e. The third-order valence-electron chi connectivity index (χ3n) is 4.70. The van der Waals surface area contributed by atoms with Crippen molar-refractivity contribution in [2.24, 2.45) is 11.0 Å². The van der Waals surface area contributed by atoms with Crippen molar-refractivity contribution in [3.63, 3.8) is 0 Å². The molecule has 1 aromatic heterocycles. The molecule has 126 valence electrons. The van der Waals surface area contributed by atoms with Crippen LogP contribution in [0.25, 0.3) is 17.1 Å². The topological polar surface area (TPSA) is 58.5 Å². The van der Waals surface area contributed by atoms with Gasteiger partial charge in [0.25, 0.3) is 5.91 Å². The number of hydrogen-bond donors (Lipinski definition) is 0. The zero-order chi connectivity index (χ0) is 17.5. The number of hydrogen-bond acceptors (Lipinski definition) is 4. The molecule has 0 bridgehead atoms. The molecule has 0 unspecified atom stereocenters. The number of fused-ring (bicyclic) bond motifs is 1. The van der Waals surface area contributed by atoms with Gasteiger partial charge in [0.2, 0.25) is 0 Å². The maximum atomic E-state index is 13.1. The van der Waals surface area contributed by atoms with Gasteiger partial charge in [0.1, 0.15) is 0 Å². The fourth-order valence-electron chi connectivity index (χ4n) is 3.26. The van der Waals surface area contributed by atoms with Crippen molar-refractivity contribution in [2.75, 3.05) is 5.01 Å². The molecule has 0 saturated heterocycles. The molecule has 26 heavy (non-hydrogen) atoms. The molecule has 5 heteroatoms. The van der Waals surface area contributed by atoms with Crippen molar-refractivity contribution < 1.29 is 4.79 Å². The highest BCUT2D eigenvalue weighted by molar-refractivity contribution is 6.34. The molecule has 1 aliphatic heterocycles. The summed E-state index contributed by atoms with van der Waals surface area (Å²) in [5.74, 6) is 0.291. The van der Waals surface area contributed by atoms with E-state index < -0.39 is 0 Å². The monoisotopic (exact) mass is 340 g/mol. The molecular weight excluding hydrogens is 324 g/mol. The Morgan fingerprint density at radius 1 is 0.962 bits per heavy atom. The molecule has 0 radical (unpaired) electrons. The molecule has 1 fully saturated rings. The number of carbonyl (C=O) groups is 1. The summed E-state index contributed by atoms with van der Waals surface area (Å²) in [4.78, 5) is 21.9. The quantitative estimate of drug-likeness (QED) is 0.681. The lowest BCUT2D eigenvalue weighted by molar-refractivity contribution is -0.114. The van der Waals surface area contributed by atoms with Crippen LogP contribution in [0.15, 0.2) is 71.6 Å². The van der Waals surface area contributed by atoms with Crippen molar-refractivity contribution in [1.82, 2.24) is 9.97 Å². The third-order valence-corrected chi connectivity index (χ3v) is 4.70. The van der Waals surface area contributed by atoms with E-state index in [4.69, 9.17) is 0 Å². The van der Waals surface area contributed by atoms with Crippen LogP contribution in [-0.2, 0) is 4.79 Å². The maximum absolute atomic E-state index is 13.1. The summed E-state index contributed by atoms with van der Waals surface area (Å²) in [7, 11) is 0. The molecule has 1 amide bonds. The highest BCUT2D eigenvalue weighted by Crippen LogP contribution is 2.38. The van der Waals surface area contributed by atoms with Gasteiger partial charge in [0, 0.05) is 23.9 Å². The van der Waals surface area contributed by atoms with Crippen LogP contribution in [0.3, 0.4) is 0 Å². The van der Waals surface area contributed by atoms with Gasteiger partial charge in [-0.3, -0.25) is 14.8 Å². The average Bonchev–Trinajstić information content (AvgIpc) is 3.48. The predicted molar refractivity (Wildman–Crippen MR) is 102 cm³/mol. The van der Waals surface area contributed by atoms with Crippen molar-refractivity contribution in [1.29, 1.82) is 0 Å². The van der Waals surface area contributed by atoms with Crippen LogP contribution in [0.1, 0.15) is 18.4 Å². The number of para-hydroxylation sites is 2. The van der Waals surface area contributed by atoms with Crippen LogP contribution in [-0.4, -0.2) is 21.6 Å². The highest BCUT2D eigenvalue weighted by atomic mass is 16.2. The van der Waals surface area contributed by atoms with Crippen LogP contribution in [0, 0.1) is 5.92 Å². The van der Waals surface area contributed by atoms with Gasteiger partial charge in [0.05, 0.1) is 28.0 Å². The molecule has 0 N–H and O–H groups in total. The normalized spacial score (nSPS) is 18.6. The lowest BCUT2D eigenvalue weighted by atomic mass is 10.0. The van der Waals surface area contributed by atoms with E-state index in [2.05, 4.69) is 15.1 Å². The zero-order valence-corrected chi connectivity index (χ0v) is 14.0. The molecule has 1 aliphatic carbocycles. The number of rotatable bonds is 3. The molecule has 0 spiro atoms. The number of benzene rings is 2. The number of nitrogens with zero attached hydrogens (tertiary/aromatic N) is 4. The van der Waals surface area contributed by atoms with Gasteiger partial charge in [-0.05, 0) is 37.1 Å². The Kier molecular flexibility index (Phi) is 3.38. The second-order valence-electron chi connectivity index (χ2n) is 6.54. The van der Waals surface area contributed by atoms with Crippen LogP contribution in [0.5, 0.6) is 0 Å². The minimum absolute atomic E-state index is 0.0843. The second kappa shape index (κ2) is 5.88. The minimum Gasteiger partial charge on any atom is -0.267 e. The van der Waals surface area contributed by atoms with E-state index in [1.54, 1.807) is 12.4 Å². The zero-order valence-electron chi connectivity index (χ0n) is 14.0. The van der Waals surface area contributed by atoms with Gasteiger partial charge in [-0.2, -0.15) is 10.1 Å². The summed E-state index contributed by atoms with van der Waals surface area (Å²) in [6.07, 6.45) is 7.43. The van der Waals surface area contributed by atoms with Crippen molar-refractivity contribution in [3.8, 4) is 0 Å². The van der Waals surface area contributed by atoms with Crippen LogP contribution >= 0.6 is 0 Å². The Balaban J connectivity index is 1.62. The van der Waals surface area contributed by atoms with E-state index in [-0.39, 0.29) is 5.91 Å². The largest absolute Gasteiger partial charge is 0.280 e. The lowest BCUT2D eigenvalue weighted by Crippen LogP contribution is -2.21.